The third-order valence-corrected chi connectivity index (χ3v) is 6.80. The fourth-order valence-corrected chi connectivity index (χ4v) is 4.42. The van der Waals surface area contributed by atoms with Crippen LogP contribution in [0.1, 0.15) is 37.0 Å². The Morgan fingerprint density at radius 1 is 0.944 bits per heavy atom. The number of amides is 1. The molecule has 1 aliphatic carbocycles. The van der Waals surface area contributed by atoms with Gasteiger partial charge >= 0.3 is 12.1 Å². The maximum atomic E-state index is 12.6. The van der Waals surface area contributed by atoms with Gasteiger partial charge < -0.3 is 14.4 Å². The van der Waals surface area contributed by atoms with E-state index in [1.54, 1.807) is 10.9 Å². The number of nitrogens with zero attached hydrogens (tertiary/aromatic N) is 2. The summed E-state index contributed by atoms with van der Waals surface area (Å²) in [5, 5.41) is 12.3. The maximum Gasteiger partial charge on any atom is 0.413 e. The lowest BCUT2D eigenvalue weighted by atomic mass is 9.93. The fourth-order valence-electron chi connectivity index (χ4n) is 4.42. The van der Waals surface area contributed by atoms with Crippen molar-refractivity contribution in [1.82, 2.24) is 9.55 Å². The Bertz CT molecular complexity index is 1390. The van der Waals surface area contributed by atoms with Gasteiger partial charge in [-0.3, -0.25) is 10.1 Å². The van der Waals surface area contributed by atoms with E-state index in [4.69, 9.17) is 4.74 Å². The zero-order valence-corrected chi connectivity index (χ0v) is 20.1. The first-order valence-electron chi connectivity index (χ1n) is 11.9. The Morgan fingerprint density at radius 3 is 2.11 bits per heavy atom. The summed E-state index contributed by atoms with van der Waals surface area (Å²) in [6.45, 7) is 1.83. The molecule has 1 aliphatic rings. The van der Waals surface area contributed by atoms with E-state index in [1.165, 1.54) is 0 Å². The molecule has 3 aromatic carbocycles. The molecule has 2 N–H and O–H groups in total. The number of carbonyl (C=O) groups excluding carboxylic acids is 1. The molecular weight excluding hydrogens is 454 g/mol. The van der Waals surface area contributed by atoms with Gasteiger partial charge in [0.25, 0.3) is 0 Å². The number of hydrogen-bond donors (Lipinski definition) is 2. The Labute approximate surface area is 209 Å². The van der Waals surface area contributed by atoms with Gasteiger partial charge in [0, 0.05) is 12.6 Å². The van der Waals surface area contributed by atoms with E-state index in [0.717, 1.165) is 27.8 Å². The molecule has 1 unspecified atom stereocenters. The highest BCUT2D eigenvalue weighted by atomic mass is 16.6. The maximum absolute atomic E-state index is 12.6. The Balaban J connectivity index is 1.30. The molecule has 1 heterocycles. The van der Waals surface area contributed by atoms with Gasteiger partial charge in [-0.05, 0) is 42.0 Å². The van der Waals surface area contributed by atoms with Gasteiger partial charge in [0.1, 0.15) is 17.6 Å². The zero-order valence-electron chi connectivity index (χ0n) is 20.1. The van der Waals surface area contributed by atoms with Gasteiger partial charge in [-0.25, -0.2) is 9.78 Å². The number of carbonyl (C=O) groups is 2. The van der Waals surface area contributed by atoms with Crippen molar-refractivity contribution in [1.29, 1.82) is 0 Å². The lowest BCUT2D eigenvalue weighted by Crippen LogP contribution is -2.19. The van der Waals surface area contributed by atoms with E-state index in [1.807, 2.05) is 92.8 Å². The number of carboxylic acids is 1. The van der Waals surface area contributed by atoms with Crippen LogP contribution in [-0.2, 0) is 22.0 Å². The van der Waals surface area contributed by atoms with Crippen LogP contribution in [0.5, 0.6) is 0 Å². The second kappa shape index (κ2) is 9.34. The number of imidazole rings is 1. The minimum absolute atomic E-state index is 0.390. The summed E-state index contributed by atoms with van der Waals surface area (Å²) in [6, 6.07) is 25.2. The van der Waals surface area contributed by atoms with E-state index < -0.39 is 17.5 Å². The number of nitrogens with one attached hydrogen (secondary N) is 1. The van der Waals surface area contributed by atoms with Crippen LogP contribution in [0.25, 0.3) is 22.4 Å². The monoisotopic (exact) mass is 481 g/mol. The van der Waals surface area contributed by atoms with Crippen LogP contribution in [0.3, 0.4) is 0 Å². The highest BCUT2D eigenvalue weighted by Crippen LogP contribution is 2.48. The van der Waals surface area contributed by atoms with Crippen LogP contribution < -0.4 is 5.32 Å². The summed E-state index contributed by atoms with van der Waals surface area (Å²) >= 11 is 0. The second-order valence-corrected chi connectivity index (χ2v) is 9.18. The van der Waals surface area contributed by atoms with Crippen molar-refractivity contribution >= 4 is 17.9 Å². The third-order valence-electron chi connectivity index (χ3n) is 6.80. The number of benzene rings is 3. The molecule has 7 heteroatoms. The summed E-state index contributed by atoms with van der Waals surface area (Å²) < 4.78 is 7.30. The van der Waals surface area contributed by atoms with E-state index in [9.17, 15) is 14.7 Å². The molecule has 36 heavy (non-hydrogen) atoms. The minimum atomic E-state index is -0.752. The first-order chi connectivity index (χ1) is 17.4. The largest absolute Gasteiger partial charge is 0.481 e. The summed E-state index contributed by atoms with van der Waals surface area (Å²) in [7, 11) is 1.81. The van der Waals surface area contributed by atoms with Crippen molar-refractivity contribution in [2.24, 2.45) is 7.05 Å². The van der Waals surface area contributed by atoms with Crippen LogP contribution in [0.2, 0.25) is 0 Å². The Hall–Kier alpha value is -4.39. The molecule has 0 aliphatic heterocycles. The van der Waals surface area contributed by atoms with Crippen molar-refractivity contribution in [2.45, 2.75) is 31.3 Å². The highest BCUT2D eigenvalue weighted by Gasteiger charge is 2.51. The van der Waals surface area contributed by atoms with Crippen LogP contribution in [0.4, 0.5) is 10.6 Å². The smallest absolute Gasteiger partial charge is 0.413 e. The molecule has 1 atom stereocenters. The van der Waals surface area contributed by atoms with Crippen LogP contribution in [-0.4, -0.2) is 26.7 Å². The van der Waals surface area contributed by atoms with Crippen LogP contribution in [0, 0.1) is 0 Å². The van der Waals surface area contributed by atoms with Crippen LogP contribution in [0.15, 0.2) is 85.2 Å². The normalized spacial score (nSPS) is 14.6. The number of aromatic nitrogens is 2. The lowest BCUT2D eigenvalue weighted by Gasteiger charge is -2.15. The average Bonchev–Trinajstić information content (AvgIpc) is 3.64. The zero-order chi connectivity index (χ0) is 25.3. The van der Waals surface area contributed by atoms with E-state index >= 15 is 0 Å². The topological polar surface area (TPSA) is 93.4 Å². The molecule has 7 nitrogen and oxygen atoms in total. The molecule has 1 saturated carbocycles. The van der Waals surface area contributed by atoms with Gasteiger partial charge in [-0.15, -0.1) is 0 Å². The van der Waals surface area contributed by atoms with E-state index in [-0.39, 0.29) is 6.10 Å². The minimum Gasteiger partial charge on any atom is -0.481 e. The van der Waals surface area contributed by atoms with Crippen molar-refractivity contribution < 1.29 is 19.4 Å². The molecule has 1 aromatic heterocycles. The Kier molecular flexibility index (Phi) is 6.06. The first-order valence-corrected chi connectivity index (χ1v) is 11.9. The molecule has 182 valence electrons. The summed E-state index contributed by atoms with van der Waals surface area (Å²) in [6.07, 6.45) is 2.08. The average molecular weight is 482 g/mol. The lowest BCUT2D eigenvalue weighted by molar-refractivity contribution is -0.140. The number of carboxylic acid groups (broad SMARTS) is 1. The number of aliphatic carboxylic acids is 1. The standard InChI is InChI=1S/C29H27N3O4/c1-19(20-6-4-3-5-7-20)36-28(35)31-26-25(30-18-32(26)2)23-10-8-21(9-11-23)22-12-14-24(15-13-22)29(16-17-29)27(33)34/h3-15,18-19H,16-17H2,1-2H3,(H,31,35)(H,33,34). The molecule has 0 saturated heterocycles. The SMILES string of the molecule is CC(OC(=O)Nc1c(-c2ccc(-c3ccc(C4(C(=O)O)CC4)cc3)cc2)ncn1C)c1ccccc1. The van der Waals surface area contributed by atoms with Crippen molar-refractivity contribution in [3.63, 3.8) is 0 Å². The third kappa shape index (κ3) is 4.47. The highest BCUT2D eigenvalue weighted by molar-refractivity contribution is 5.89. The van der Waals surface area contributed by atoms with E-state index in [2.05, 4.69) is 10.3 Å². The van der Waals surface area contributed by atoms with Crippen molar-refractivity contribution in [3.8, 4) is 22.4 Å². The number of ether oxygens (including phenoxy) is 1. The van der Waals surface area contributed by atoms with Gasteiger partial charge in [0.2, 0.25) is 0 Å². The molecule has 1 fully saturated rings. The summed E-state index contributed by atoms with van der Waals surface area (Å²) in [5.74, 6) is -0.210. The second-order valence-electron chi connectivity index (χ2n) is 9.18. The molecule has 0 bridgehead atoms. The van der Waals surface area contributed by atoms with E-state index in [0.29, 0.717) is 24.4 Å². The predicted molar refractivity (Wildman–Crippen MR) is 138 cm³/mol. The number of hydrogen-bond acceptors (Lipinski definition) is 4. The predicted octanol–water partition coefficient (Wildman–Crippen LogP) is 6.18. The summed E-state index contributed by atoms with van der Waals surface area (Å²) in [4.78, 5) is 28.7. The molecule has 0 radical (unpaired) electrons. The van der Waals surface area contributed by atoms with Gasteiger partial charge in [0.05, 0.1) is 11.7 Å². The van der Waals surface area contributed by atoms with Crippen molar-refractivity contribution in [2.75, 3.05) is 5.32 Å². The molecule has 1 amide bonds. The molecule has 0 spiro atoms. The molecule has 5 rings (SSSR count). The van der Waals surface area contributed by atoms with Gasteiger partial charge in [-0.1, -0.05) is 78.9 Å². The number of anilines is 1. The van der Waals surface area contributed by atoms with Gasteiger partial charge in [0.15, 0.2) is 0 Å². The number of aryl methyl sites for hydroxylation is 1. The Morgan fingerprint density at radius 2 is 1.53 bits per heavy atom. The summed E-state index contributed by atoms with van der Waals surface area (Å²) in [5.41, 5.74) is 4.57. The van der Waals surface area contributed by atoms with Crippen molar-refractivity contribution in [3.05, 3.63) is 96.3 Å². The van der Waals surface area contributed by atoms with Crippen LogP contribution >= 0.6 is 0 Å². The van der Waals surface area contributed by atoms with Gasteiger partial charge in [-0.2, -0.15) is 0 Å². The fraction of sp³-hybridized carbons (Fsp3) is 0.207. The molecular formula is C29H27N3O4. The quantitative estimate of drug-likeness (QED) is 0.329. The first kappa shape index (κ1) is 23.4. The number of rotatable bonds is 7. The molecule has 4 aromatic rings.